The maximum absolute atomic E-state index is 11.6. The highest BCUT2D eigenvalue weighted by Gasteiger charge is 2.10. The van der Waals surface area contributed by atoms with Crippen LogP contribution < -0.4 is 5.32 Å². The lowest BCUT2D eigenvalue weighted by molar-refractivity contribution is 0.0935. The summed E-state index contributed by atoms with van der Waals surface area (Å²) in [7, 11) is 0. The molecule has 4 nitrogen and oxygen atoms in total. The van der Waals surface area contributed by atoms with E-state index in [9.17, 15) is 9.90 Å². The van der Waals surface area contributed by atoms with Gasteiger partial charge in [-0.3, -0.25) is 4.79 Å². The number of aromatic nitrogens is 1. The second kappa shape index (κ2) is 6.06. The van der Waals surface area contributed by atoms with Crippen LogP contribution in [0.1, 0.15) is 30.8 Å². The molecule has 0 aliphatic heterocycles. The number of carbonyl (C=O) groups is 1. The summed E-state index contributed by atoms with van der Waals surface area (Å²) in [5, 5.41) is 12.0. The Kier molecular flexibility index (Phi) is 5.02. The van der Waals surface area contributed by atoms with Gasteiger partial charge in [-0.15, -0.1) is 0 Å². The fraction of sp³-hybridized carbons (Fsp3) is 0.545. The van der Waals surface area contributed by atoms with Crippen LogP contribution in [0.25, 0.3) is 0 Å². The van der Waals surface area contributed by atoms with Crippen LogP contribution in [0.5, 0.6) is 0 Å². The molecule has 0 saturated heterocycles. The van der Waals surface area contributed by atoms with E-state index in [1.165, 1.54) is 0 Å². The molecule has 16 heavy (non-hydrogen) atoms. The third kappa shape index (κ3) is 4.37. The Morgan fingerprint density at radius 3 is 2.81 bits per heavy atom. The van der Waals surface area contributed by atoms with E-state index in [0.717, 1.165) is 4.47 Å². The van der Waals surface area contributed by atoms with Crippen LogP contribution >= 0.6 is 15.9 Å². The van der Waals surface area contributed by atoms with Crippen LogP contribution in [-0.4, -0.2) is 28.6 Å². The zero-order valence-electron chi connectivity index (χ0n) is 9.46. The monoisotopic (exact) mass is 288 g/mol. The van der Waals surface area contributed by atoms with Crippen LogP contribution in [-0.2, 0) is 0 Å². The highest BCUT2D eigenvalue weighted by Crippen LogP contribution is 2.10. The summed E-state index contributed by atoms with van der Waals surface area (Å²) in [5.41, 5.74) is 0.538. The van der Waals surface area contributed by atoms with Gasteiger partial charge in [-0.1, -0.05) is 6.92 Å². The van der Waals surface area contributed by atoms with Gasteiger partial charge in [0.15, 0.2) is 0 Å². The zero-order chi connectivity index (χ0) is 12.1. The molecule has 0 aliphatic carbocycles. The number of hydrogen-bond acceptors (Lipinski definition) is 2. The van der Waals surface area contributed by atoms with E-state index < -0.39 is 0 Å². The molecule has 1 amide bonds. The molecule has 0 aliphatic rings. The predicted octanol–water partition coefficient (Wildman–Crippen LogP) is 1.91. The number of aliphatic hydroxyl groups excluding tert-OH is 1. The highest BCUT2D eigenvalue weighted by atomic mass is 79.9. The third-order valence-corrected chi connectivity index (χ3v) is 2.70. The first-order valence-electron chi connectivity index (χ1n) is 5.29. The predicted molar refractivity (Wildman–Crippen MR) is 66.3 cm³/mol. The van der Waals surface area contributed by atoms with Crippen molar-refractivity contribution in [2.45, 2.75) is 26.4 Å². The number of halogens is 1. The summed E-state index contributed by atoms with van der Waals surface area (Å²) < 4.78 is 0.856. The molecule has 5 heteroatoms. The molecular weight excluding hydrogens is 272 g/mol. The molecule has 0 fully saturated rings. The van der Waals surface area contributed by atoms with Crippen molar-refractivity contribution in [1.29, 1.82) is 0 Å². The average Bonchev–Trinajstić information content (AvgIpc) is 2.60. The Hall–Kier alpha value is -0.810. The van der Waals surface area contributed by atoms with Crippen LogP contribution in [0.2, 0.25) is 0 Å². The average molecular weight is 289 g/mol. The molecule has 2 atom stereocenters. The van der Waals surface area contributed by atoms with Crippen LogP contribution in [0, 0.1) is 5.92 Å². The largest absolute Gasteiger partial charge is 0.393 e. The number of aliphatic hydroxyl groups is 1. The number of rotatable bonds is 5. The van der Waals surface area contributed by atoms with Crippen molar-refractivity contribution in [1.82, 2.24) is 10.3 Å². The van der Waals surface area contributed by atoms with E-state index in [1.54, 1.807) is 19.2 Å². The summed E-state index contributed by atoms with van der Waals surface area (Å²) >= 11 is 3.27. The minimum atomic E-state index is -0.327. The smallest absolute Gasteiger partial charge is 0.267 e. The van der Waals surface area contributed by atoms with Crippen molar-refractivity contribution >= 4 is 21.8 Å². The summed E-state index contributed by atoms with van der Waals surface area (Å²) in [6, 6.07) is 1.73. The maximum atomic E-state index is 11.6. The van der Waals surface area contributed by atoms with Crippen LogP contribution in [0.3, 0.4) is 0 Å². The minimum Gasteiger partial charge on any atom is -0.393 e. The molecule has 0 saturated carbocycles. The van der Waals surface area contributed by atoms with Gasteiger partial charge < -0.3 is 15.4 Å². The quantitative estimate of drug-likeness (QED) is 0.775. The Morgan fingerprint density at radius 2 is 2.31 bits per heavy atom. The molecular formula is C11H17BrN2O2. The van der Waals surface area contributed by atoms with Gasteiger partial charge in [-0.05, 0) is 41.3 Å². The fourth-order valence-corrected chi connectivity index (χ4v) is 1.87. The number of carbonyl (C=O) groups excluding carboxylic acids is 1. The van der Waals surface area contributed by atoms with Gasteiger partial charge in [0.05, 0.1) is 6.10 Å². The van der Waals surface area contributed by atoms with E-state index in [4.69, 9.17) is 0 Å². The number of hydrogen-bond donors (Lipinski definition) is 3. The minimum absolute atomic E-state index is 0.122. The Labute approximate surface area is 104 Å². The number of amides is 1. The summed E-state index contributed by atoms with van der Waals surface area (Å²) in [5.74, 6) is 0.144. The van der Waals surface area contributed by atoms with Crippen LogP contribution in [0.4, 0.5) is 0 Å². The number of aromatic amines is 1. The Morgan fingerprint density at radius 1 is 1.62 bits per heavy atom. The van der Waals surface area contributed by atoms with E-state index in [2.05, 4.69) is 26.2 Å². The maximum Gasteiger partial charge on any atom is 0.267 e. The molecule has 2 unspecified atom stereocenters. The highest BCUT2D eigenvalue weighted by molar-refractivity contribution is 9.10. The second-order valence-corrected chi connectivity index (χ2v) is 5.05. The normalized spacial score (nSPS) is 14.5. The number of nitrogens with one attached hydrogen (secondary N) is 2. The van der Waals surface area contributed by atoms with E-state index in [-0.39, 0.29) is 17.9 Å². The van der Waals surface area contributed by atoms with Gasteiger partial charge in [0, 0.05) is 17.2 Å². The first-order valence-corrected chi connectivity index (χ1v) is 6.08. The van der Waals surface area contributed by atoms with Crippen molar-refractivity contribution in [2.75, 3.05) is 6.54 Å². The molecule has 0 spiro atoms. The molecule has 1 aromatic rings. The second-order valence-electron chi connectivity index (χ2n) is 4.13. The van der Waals surface area contributed by atoms with Crippen molar-refractivity contribution in [2.24, 2.45) is 5.92 Å². The molecule has 0 bridgehead atoms. The SMILES string of the molecule is CC(O)CC(C)CNC(=O)c1cc(Br)c[nH]1. The molecule has 1 rings (SSSR count). The van der Waals surface area contributed by atoms with Gasteiger partial charge in [0.1, 0.15) is 5.69 Å². The molecule has 0 aromatic carbocycles. The van der Waals surface area contributed by atoms with Gasteiger partial charge in [-0.2, -0.15) is 0 Å². The summed E-state index contributed by atoms with van der Waals surface area (Å²) in [6.07, 6.45) is 2.08. The molecule has 1 heterocycles. The first-order chi connectivity index (χ1) is 7.49. The zero-order valence-corrected chi connectivity index (χ0v) is 11.0. The van der Waals surface area contributed by atoms with E-state index in [0.29, 0.717) is 18.7 Å². The fourth-order valence-electron chi connectivity index (χ4n) is 1.53. The van der Waals surface area contributed by atoms with Crippen LogP contribution in [0.15, 0.2) is 16.7 Å². The van der Waals surface area contributed by atoms with Gasteiger partial charge >= 0.3 is 0 Å². The van der Waals surface area contributed by atoms with E-state index >= 15 is 0 Å². The van der Waals surface area contributed by atoms with Gasteiger partial charge in [-0.25, -0.2) is 0 Å². The van der Waals surface area contributed by atoms with Gasteiger partial charge in [0.2, 0.25) is 0 Å². The summed E-state index contributed by atoms with van der Waals surface area (Å²) in [6.45, 7) is 4.32. The first kappa shape index (κ1) is 13.3. The lowest BCUT2D eigenvalue weighted by Gasteiger charge is -2.13. The topological polar surface area (TPSA) is 65.1 Å². The third-order valence-electron chi connectivity index (χ3n) is 2.25. The molecule has 90 valence electrons. The Balaban J connectivity index is 2.35. The molecule has 0 radical (unpaired) electrons. The lowest BCUT2D eigenvalue weighted by Crippen LogP contribution is -2.29. The Bertz CT molecular complexity index is 350. The standard InChI is InChI=1S/C11H17BrN2O2/c1-7(3-8(2)15)5-14-11(16)10-4-9(12)6-13-10/h4,6-8,13,15H,3,5H2,1-2H3,(H,14,16). The van der Waals surface area contributed by atoms with Crippen molar-refractivity contribution in [3.8, 4) is 0 Å². The van der Waals surface area contributed by atoms with E-state index in [1.807, 2.05) is 6.92 Å². The van der Waals surface area contributed by atoms with Crippen molar-refractivity contribution in [3.05, 3.63) is 22.4 Å². The van der Waals surface area contributed by atoms with Gasteiger partial charge in [0.25, 0.3) is 5.91 Å². The van der Waals surface area contributed by atoms with Crippen molar-refractivity contribution in [3.63, 3.8) is 0 Å². The van der Waals surface area contributed by atoms with Crippen molar-refractivity contribution < 1.29 is 9.90 Å². The summed E-state index contributed by atoms with van der Waals surface area (Å²) in [4.78, 5) is 14.5. The lowest BCUT2D eigenvalue weighted by atomic mass is 10.0. The molecule has 3 N–H and O–H groups in total. The number of H-pyrrole nitrogens is 1. The molecule has 1 aromatic heterocycles.